The summed E-state index contributed by atoms with van der Waals surface area (Å²) in [7, 11) is -4.03. The number of rotatable bonds is 8. The van der Waals surface area contributed by atoms with Gasteiger partial charge in [0, 0.05) is 6.54 Å². The Morgan fingerprint density at radius 2 is 1.88 bits per heavy atom. The number of hydrogen-bond acceptors (Lipinski definition) is 6. The number of ether oxygens (including phenoxy) is 1. The first-order valence-corrected chi connectivity index (χ1v) is 9.18. The van der Waals surface area contributed by atoms with E-state index in [1.165, 1.54) is 18.2 Å². The van der Waals surface area contributed by atoms with Crippen molar-refractivity contribution in [2.24, 2.45) is 0 Å². The lowest BCUT2D eigenvalue weighted by molar-refractivity contribution is -0.147. The molecule has 0 aliphatic carbocycles. The molecule has 0 saturated carbocycles. The molecule has 0 spiro atoms. The predicted octanol–water partition coefficient (Wildman–Crippen LogP) is 0.827. The summed E-state index contributed by atoms with van der Waals surface area (Å²) in [6.07, 6.45) is 1.41. The number of halogens is 2. The van der Waals surface area contributed by atoms with Gasteiger partial charge in [-0.1, -0.05) is 29.3 Å². The van der Waals surface area contributed by atoms with Crippen molar-refractivity contribution in [1.82, 2.24) is 15.4 Å². The van der Waals surface area contributed by atoms with Crippen LogP contribution in [0.1, 0.15) is 0 Å². The van der Waals surface area contributed by atoms with Gasteiger partial charge in [0.05, 0.1) is 14.9 Å². The largest absolute Gasteiger partial charge is 0.455 e. The van der Waals surface area contributed by atoms with Gasteiger partial charge in [0.15, 0.2) is 6.61 Å². The second-order valence-corrected chi connectivity index (χ2v) is 7.19. The molecule has 9 nitrogen and oxygen atoms in total. The molecule has 0 fully saturated rings. The average molecular weight is 424 g/mol. The summed E-state index contributed by atoms with van der Waals surface area (Å²) in [6, 6.07) is 2.83. The Morgan fingerprint density at radius 3 is 2.50 bits per heavy atom. The van der Waals surface area contributed by atoms with Crippen molar-refractivity contribution >= 4 is 51.1 Å². The number of sulfonamides is 1. The summed E-state index contributed by atoms with van der Waals surface area (Å²) >= 11 is 11.4. The molecule has 142 valence electrons. The van der Waals surface area contributed by atoms with Crippen molar-refractivity contribution in [3.05, 3.63) is 40.9 Å². The minimum absolute atomic E-state index is 0.0310. The molecular formula is C14H15Cl2N3O6S. The highest BCUT2D eigenvalue weighted by atomic mass is 35.5. The number of esters is 1. The van der Waals surface area contributed by atoms with Gasteiger partial charge in [-0.3, -0.25) is 14.9 Å². The third-order valence-electron chi connectivity index (χ3n) is 2.63. The van der Waals surface area contributed by atoms with Crippen LogP contribution in [0.2, 0.25) is 10.0 Å². The lowest BCUT2D eigenvalue weighted by atomic mass is 10.4. The molecule has 0 aliphatic rings. The van der Waals surface area contributed by atoms with Gasteiger partial charge in [-0.25, -0.2) is 13.2 Å². The van der Waals surface area contributed by atoms with Crippen LogP contribution in [0.4, 0.5) is 4.79 Å². The van der Waals surface area contributed by atoms with Crippen LogP contribution in [0.25, 0.3) is 0 Å². The Hall–Kier alpha value is -2.14. The number of imide groups is 1. The fourth-order valence-electron chi connectivity index (χ4n) is 1.45. The highest BCUT2D eigenvalue weighted by Gasteiger charge is 2.18. The van der Waals surface area contributed by atoms with Crippen LogP contribution in [-0.4, -0.2) is 46.0 Å². The number of amides is 3. The first kappa shape index (κ1) is 21.9. The van der Waals surface area contributed by atoms with Crippen LogP contribution in [0.15, 0.2) is 35.7 Å². The maximum Gasteiger partial charge on any atom is 0.321 e. The summed E-state index contributed by atoms with van der Waals surface area (Å²) in [6.45, 7) is 2.05. The summed E-state index contributed by atoms with van der Waals surface area (Å²) in [5.41, 5.74) is 0. The van der Waals surface area contributed by atoms with Gasteiger partial charge in [-0.05, 0) is 18.2 Å². The molecule has 1 rings (SSSR count). The van der Waals surface area contributed by atoms with Gasteiger partial charge >= 0.3 is 12.0 Å². The van der Waals surface area contributed by atoms with Crippen LogP contribution >= 0.6 is 23.2 Å². The third-order valence-corrected chi connectivity index (χ3v) is 4.77. The average Bonchev–Trinajstić information content (AvgIpc) is 2.58. The maximum absolute atomic E-state index is 12.0. The zero-order valence-corrected chi connectivity index (χ0v) is 15.6. The molecule has 3 amide bonds. The number of nitrogens with one attached hydrogen (secondary N) is 3. The Kier molecular flexibility index (Phi) is 8.52. The molecule has 0 unspecified atom stereocenters. The molecular weight excluding hydrogens is 409 g/mol. The fourth-order valence-corrected chi connectivity index (χ4v) is 2.81. The molecule has 0 bridgehead atoms. The Labute approximate surface area is 159 Å². The monoisotopic (exact) mass is 423 g/mol. The van der Waals surface area contributed by atoms with Crippen molar-refractivity contribution in [2.45, 2.75) is 4.90 Å². The highest BCUT2D eigenvalue weighted by molar-refractivity contribution is 7.89. The fraction of sp³-hybridized carbons (Fsp3) is 0.214. The van der Waals surface area contributed by atoms with E-state index >= 15 is 0 Å². The number of carbonyl (C=O) groups is 3. The van der Waals surface area contributed by atoms with E-state index in [2.05, 4.69) is 16.6 Å². The van der Waals surface area contributed by atoms with Gasteiger partial charge in [0.2, 0.25) is 10.0 Å². The molecule has 12 heteroatoms. The minimum atomic E-state index is -4.03. The van der Waals surface area contributed by atoms with E-state index in [9.17, 15) is 22.8 Å². The van der Waals surface area contributed by atoms with Crippen molar-refractivity contribution in [2.75, 3.05) is 19.7 Å². The quantitative estimate of drug-likeness (QED) is 0.419. The van der Waals surface area contributed by atoms with Crippen molar-refractivity contribution in [3.63, 3.8) is 0 Å². The second-order valence-electron chi connectivity index (χ2n) is 4.61. The van der Waals surface area contributed by atoms with Gasteiger partial charge in [-0.15, -0.1) is 6.58 Å². The van der Waals surface area contributed by atoms with Crippen LogP contribution in [0, 0.1) is 0 Å². The highest BCUT2D eigenvalue weighted by Crippen LogP contribution is 2.24. The van der Waals surface area contributed by atoms with E-state index in [0.29, 0.717) is 0 Å². The number of hydrogen-bond donors (Lipinski definition) is 3. The number of benzene rings is 1. The van der Waals surface area contributed by atoms with Gasteiger partial charge in [0.1, 0.15) is 6.54 Å². The van der Waals surface area contributed by atoms with E-state index in [1.54, 1.807) is 0 Å². The van der Waals surface area contributed by atoms with Crippen molar-refractivity contribution < 1.29 is 27.5 Å². The Bertz CT molecular complexity index is 813. The minimum Gasteiger partial charge on any atom is -0.455 e. The molecule has 0 aromatic heterocycles. The second kappa shape index (κ2) is 10.1. The molecule has 0 heterocycles. The molecule has 0 saturated heterocycles. The molecule has 1 aromatic carbocycles. The van der Waals surface area contributed by atoms with E-state index in [0.717, 1.165) is 6.07 Å². The van der Waals surface area contributed by atoms with Gasteiger partial charge in [-0.2, -0.15) is 4.72 Å². The van der Waals surface area contributed by atoms with E-state index < -0.39 is 41.1 Å². The van der Waals surface area contributed by atoms with E-state index in [-0.39, 0.29) is 21.5 Å². The number of carbonyl (C=O) groups excluding carboxylic acids is 3. The zero-order valence-electron chi connectivity index (χ0n) is 13.3. The lowest BCUT2D eigenvalue weighted by Crippen LogP contribution is -2.42. The van der Waals surface area contributed by atoms with Crippen molar-refractivity contribution in [3.8, 4) is 0 Å². The zero-order chi connectivity index (χ0) is 19.7. The Morgan fingerprint density at radius 1 is 1.19 bits per heavy atom. The summed E-state index contributed by atoms with van der Waals surface area (Å²) in [5, 5.41) is 4.39. The Balaban J connectivity index is 2.45. The summed E-state index contributed by atoms with van der Waals surface area (Å²) < 4.78 is 30.6. The van der Waals surface area contributed by atoms with Crippen LogP contribution in [0.3, 0.4) is 0 Å². The smallest absolute Gasteiger partial charge is 0.321 e. The SMILES string of the molecule is C=CCNC(=O)NC(=O)COC(=O)CNS(=O)(=O)c1ccc(Cl)c(Cl)c1. The standard InChI is InChI=1S/C14H15Cl2N3O6S/c1-2-5-17-14(22)19-12(20)8-25-13(21)7-18-26(23,24)9-3-4-10(15)11(16)6-9/h2-4,6,18H,1,5,7-8H2,(H2,17,19,20,22). The molecule has 0 aliphatic heterocycles. The summed E-state index contributed by atoms with van der Waals surface area (Å²) in [5.74, 6) is -1.90. The third kappa shape index (κ3) is 7.40. The van der Waals surface area contributed by atoms with Gasteiger partial charge in [0.25, 0.3) is 5.91 Å². The normalized spacial score (nSPS) is 10.7. The first-order chi connectivity index (χ1) is 12.2. The molecule has 0 radical (unpaired) electrons. The predicted molar refractivity (Wildman–Crippen MR) is 94.3 cm³/mol. The molecule has 1 aromatic rings. The van der Waals surface area contributed by atoms with Crippen LogP contribution in [0.5, 0.6) is 0 Å². The molecule has 0 atom stereocenters. The van der Waals surface area contributed by atoms with Crippen molar-refractivity contribution in [1.29, 1.82) is 0 Å². The molecule has 3 N–H and O–H groups in total. The molecule has 26 heavy (non-hydrogen) atoms. The van der Waals surface area contributed by atoms with Crippen LogP contribution < -0.4 is 15.4 Å². The number of urea groups is 1. The lowest BCUT2D eigenvalue weighted by Gasteiger charge is -2.08. The topological polar surface area (TPSA) is 131 Å². The van der Waals surface area contributed by atoms with E-state index in [4.69, 9.17) is 23.2 Å². The van der Waals surface area contributed by atoms with Gasteiger partial charge < -0.3 is 10.1 Å². The van der Waals surface area contributed by atoms with E-state index in [1.807, 2.05) is 10.0 Å². The first-order valence-electron chi connectivity index (χ1n) is 6.94. The van der Waals surface area contributed by atoms with Crippen LogP contribution in [-0.2, 0) is 24.3 Å². The maximum atomic E-state index is 12.0. The summed E-state index contributed by atoms with van der Waals surface area (Å²) in [4.78, 5) is 33.9.